The number of ether oxygens (including phenoxy) is 2. The van der Waals surface area contributed by atoms with Crippen LogP contribution in [0.2, 0.25) is 0 Å². The number of epoxide rings is 1. The molecule has 2 aliphatic rings. The Balaban J connectivity index is 1.42. The maximum atomic E-state index is 13.3. The number of amides is 1. The van der Waals surface area contributed by atoms with E-state index in [2.05, 4.69) is 5.32 Å². The molecular weight excluding hydrogens is 541 g/mol. The summed E-state index contributed by atoms with van der Waals surface area (Å²) in [6, 6.07) is 10.6. The highest BCUT2D eigenvalue weighted by atomic mass is 19.4. The molecule has 9 nitrogen and oxygen atoms in total. The number of Topliss-reactive ketones (excluding diaryl/α,β-unsaturated/α-hetero) is 1. The van der Waals surface area contributed by atoms with E-state index in [1.54, 1.807) is 46.8 Å². The van der Waals surface area contributed by atoms with Crippen LogP contribution in [0.1, 0.15) is 53.2 Å². The Morgan fingerprint density at radius 3 is 2.54 bits per heavy atom. The maximum Gasteiger partial charge on any atom is 0.422 e. The molecule has 2 atom stereocenters. The first-order valence-corrected chi connectivity index (χ1v) is 13.7. The summed E-state index contributed by atoms with van der Waals surface area (Å²) in [6.07, 6.45) is -3.65. The van der Waals surface area contributed by atoms with Crippen molar-refractivity contribution in [3.8, 4) is 5.75 Å². The van der Waals surface area contributed by atoms with E-state index in [4.69, 9.17) is 19.6 Å². The zero-order chi connectivity index (χ0) is 29.3. The van der Waals surface area contributed by atoms with Crippen LogP contribution in [0.3, 0.4) is 0 Å². The molecule has 0 bridgehead atoms. The number of nitrogens with zero attached hydrogens (tertiary/aromatic N) is 3. The molecular formula is C29H33F3N4O5. The summed E-state index contributed by atoms with van der Waals surface area (Å²) < 4.78 is 52.8. The van der Waals surface area contributed by atoms with Crippen molar-refractivity contribution in [3.63, 3.8) is 0 Å². The lowest BCUT2D eigenvalue weighted by atomic mass is 10.00. The Morgan fingerprint density at radius 1 is 1.20 bits per heavy atom. The van der Waals surface area contributed by atoms with Gasteiger partial charge in [-0.1, -0.05) is 37.3 Å². The number of aryl methyl sites for hydroxylation is 2. The molecule has 1 amide bonds. The molecule has 2 fully saturated rings. The van der Waals surface area contributed by atoms with Gasteiger partial charge < -0.3 is 24.0 Å². The van der Waals surface area contributed by atoms with Crippen LogP contribution < -0.4 is 10.1 Å². The predicted octanol–water partition coefficient (Wildman–Crippen LogP) is 3.47. The smallest absolute Gasteiger partial charge is 0.422 e. The van der Waals surface area contributed by atoms with Crippen LogP contribution in [0, 0.1) is 0 Å². The molecule has 3 aromatic rings. The number of hydrogen-bond acceptors (Lipinski definition) is 7. The van der Waals surface area contributed by atoms with E-state index < -0.39 is 31.7 Å². The molecule has 0 aliphatic carbocycles. The fourth-order valence-corrected chi connectivity index (χ4v) is 5.47. The minimum Gasteiger partial charge on any atom is -0.481 e. The number of aromatic nitrogens is 2. The van der Waals surface area contributed by atoms with Crippen LogP contribution in [0.25, 0.3) is 11.0 Å². The highest BCUT2D eigenvalue weighted by Gasteiger charge is 2.47. The number of hydrogen-bond donors (Lipinski definition) is 2. The third-order valence-electron chi connectivity index (χ3n) is 7.63. The minimum absolute atomic E-state index is 0.0426. The molecule has 4 heterocycles. The van der Waals surface area contributed by atoms with Gasteiger partial charge in [-0.15, -0.1) is 0 Å². The third-order valence-corrected chi connectivity index (χ3v) is 7.63. The second-order valence-electron chi connectivity index (χ2n) is 10.4. The summed E-state index contributed by atoms with van der Waals surface area (Å²) in [7, 11) is 1.72. The Labute approximate surface area is 235 Å². The van der Waals surface area contributed by atoms with Crippen molar-refractivity contribution in [2.24, 2.45) is 7.05 Å². The molecule has 2 N–H and O–H groups in total. The molecule has 12 heteroatoms. The molecule has 1 aromatic carbocycles. The summed E-state index contributed by atoms with van der Waals surface area (Å²) in [5.41, 5.74) is 2.76. The molecule has 5 rings (SSSR count). The number of likely N-dealkylation sites (tertiary alicyclic amines) is 1. The molecule has 2 saturated heterocycles. The number of aliphatic hydroxyl groups is 1. The predicted molar refractivity (Wildman–Crippen MR) is 144 cm³/mol. The molecule has 2 aromatic heterocycles. The SMILES string of the molecule is CCc1nc2c(cc1CC(=O)c1ccccc1)c(OCC(F)(F)F)c(C1OC1NC1CCN(C(=O)CO)CC1)n2C. The monoisotopic (exact) mass is 574 g/mol. The number of fused-ring (bicyclic) bond motifs is 1. The number of aliphatic hydroxyl groups excluding tert-OH is 1. The highest BCUT2D eigenvalue weighted by molar-refractivity contribution is 5.98. The van der Waals surface area contributed by atoms with E-state index >= 15 is 0 Å². The first kappa shape index (κ1) is 29.0. The molecule has 41 heavy (non-hydrogen) atoms. The lowest BCUT2D eigenvalue weighted by Gasteiger charge is -2.31. The Morgan fingerprint density at radius 2 is 1.90 bits per heavy atom. The van der Waals surface area contributed by atoms with E-state index in [-0.39, 0.29) is 29.9 Å². The summed E-state index contributed by atoms with van der Waals surface area (Å²) in [5, 5.41) is 12.9. The van der Waals surface area contributed by atoms with Crippen molar-refractivity contribution in [1.82, 2.24) is 19.8 Å². The average molecular weight is 575 g/mol. The van der Waals surface area contributed by atoms with E-state index in [1.165, 1.54) is 0 Å². The topological polar surface area (TPSA) is 109 Å². The van der Waals surface area contributed by atoms with Crippen molar-refractivity contribution in [3.05, 3.63) is 58.9 Å². The Hall–Kier alpha value is -3.48. The number of piperidine rings is 1. The number of alkyl halides is 3. The fraction of sp³-hybridized carbons (Fsp3) is 0.483. The van der Waals surface area contributed by atoms with E-state index in [1.807, 2.05) is 13.0 Å². The van der Waals surface area contributed by atoms with Crippen LogP contribution in [-0.4, -0.2) is 76.0 Å². The van der Waals surface area contributed by atoms with E-state index in [9.17, 15) is 22.8 Å². The molecule has 0 saturated carbocycles. The summed E-state index contributed by atoms with van der Waals surface area (Å²) in [6.45, 7) is 0.908. The second-order valence-corrected chi connectivity index (χ2v) is 10.4. The largest absolute Gasteiger partial charge is 0.481 e. The van der Waals surface area contributed by atoms with E-state index in [0.717, 1.165) is 0 Å². The zero-order valence-corrected chi connectivity index (χ0v) is 22.9. The normalized spacial score (nSPS) is 19.5. The number of carbonyl (C=O) groups is 2. The van der Waals surface area contributed by atoms with E-state index in [0.29, 0.717) is 65.9 Å². The van der Waals surface area contributed by atoms with Gasteiger partial charge in [-0.2, -0.15) is 13.2 Å². The van der Waals surface area contributed by atoms with Gasteiger partial charge in [0.05, 0.1) is 11.1 Å². The van der Waals surface area contributed by atoms with Crippen LogP contribution >= 0.6 is 0 Å². The van der Waals surface area contributed by atoms with Gasteiger partial charge in [-0.05, 0) is 30.9 Å². The van der Waals surface area contributed by atoms with Crippen LogP contribution in [0.4, 0.5) is 13.2 Å². The highest BCUT2D eigenvalue weighted by Crippen LogP contribution is 2.47. The summed E-state index contributed by atoms with van der Waals surface area (Å²) in [4.78, 5) is 31.1. The lowest BCUT2D eigenvalue weighted by molar-refractivity contribution is -0.153. The van der Waals surface area contributed by atoms with Crippen molar-refractivity contribution in [2.45, 2.75) is 57.2 Å². The van der Waals surface area contributed by atoms with Gasteiger partial charge in [0.2, 0.25) is 5.91 Å². The average Bonchev–Trinajstić information content (AvgIpc) is 3.66. The first-order valence-electron chi connectivity index (χ1n) is 13.7. The number of pyridine rings is 1. The number of ketones is 1. The standard InChI is InChI=1S/C29H33F3N4O5/c1-3-21-18(14-22(38)17-7-5-4-6-8-17)13-20-25(40-16-29(30,31)32)24(35(2)27(20)34-21)26-28(41-26)33-19-9-11-36(12-10-19)23(39)15-37/h4-8,13,19,26,28,33,37H,3,9-12,14-16H2,1-2H3. The number of benzene rings is 1. The maximum absolute atomic E-state index is 13.3. The fourth-order valence-electron chi connectivity index (χ4n) is 5.47. The quantitative estimate of drug-likeness (QED) is 0.282. The van der Waals surface area contributed by atoms with Gasteiger partial charge in [-0.3, -0.25) is 14.9 Å². The van der Waals surface area contributed by atoms with Crippen molar-refractivity contribution >= 4 is 22.7 Å². The van der Waals surface area contributed by atoms with Crippen molar-refractivity contribution in [1.29, 1.82) is 0 Å². The van der Waals surface area contributed by atoms with Gasteiger partial charge in [0.15, 0.2) is 18.1 Å². The minimum atomic E-state index is -4.55. The summed E-state index contributed by atoms with van der Waals surface area (Å²) >= 11 is 0. The summed E-state index contributed by atoms with van der Waals surface area (Å²) in [5.74, 6) is -0.382. The second kappa shape index (κ2) is 11.8. The molecule has 0 spiro atoms. The van der Waals surface area contributed by atoms with Crippen LogP contribution in [0.5, 0.6) is 5.75 Å². The lowest BCUT2D eigenvalue weighted by Crippen LogP contribution is -2.46. The number of nitrogens with one attached hydrogen (secondary N) is 1. The molecule has 2 unspecified atom stereocenters. The van der Waals surface area contributed by atoms with Gasteiger partial charge >= 0.3 is 6.18 Å². The number of carbonyl (C=O) groups excluding carboxylic acids is 2. The Kier molecular flexibility index (Phi) is 8.35. The van der Waals surface area contributed by atoms with Crippen molar-refractivity contribution in [2.75, 3.05) is 26.3 Å². The van der Waals surface area contributed by atoms with Gasteiger partial charge in [0.25, 0.3) is 0 Å². The molecule has 220 valence electrons. The third kappa shape index (κ3) is 6.39. The van der Waals surface area contributed by atoms with Crippen LogP contribution in [0.15, 0.2) is 36.4 Å². The van der Waals surface area contributed by atoms with Gasteiger partial charge in [0, 0.05) is 43.9 Å². The zero-order valence-electron chi connectivity index (χ0n) is 22.9. The van der Waals surface area contributed by atoms with Crippen LogP contribution in [-0.2, 0) is 29.4 Å². The first-order chi connectivity index (χ1) is 19.6. The molecule has 0 radical (unpaired) electrons. The molecule has 2 aliphatic heterocycles. The Bertz CT molecular complexity index is 1420. The number of rotatable bonds is 10. The van der Waals surface area contributed by atoms with Gasteiger partial charge in [0.1, 0.15) is 24.6 Å². The van der Waals surface area contributed by atoms with Gasteiger partial charge in [-0.25, -0.2) is 4.98 Å². The number of halogens is 3. The van der Waals surface area contributed by atoms with Crippen molar-refractivity contribution < 1.29 is 37.3 Å².